The Kier molecular flexibility index (Phi) is 16.1. The van der Waals surface area contributed by atoms with E-state index in [-0.39, 0.29) is 32.0 Å². The summed E-state index contributed by atoms with van der Waals surface area (Å²) in [7, 11) is 0. The molecule has 4 rings (SSSR count). The van der Waals surface area contributed by atoms with Crippen molar-refractivity contribution in [2.75, 3.05) is 39.6 Å². The highest BCUT2D eigenvalue weighted by molar-refractivity contribution is 7.13. The number of hydrogen-bond donors (Lipinski definition) is 3. The Morgan fingerprint density at radius 2 is 1.71 bits per heavy atom. The first-order chi connectivity index (χ1) is 25.0. The summed E-state index contributed by atoms with van der Waals surface area (Å²) in [5.74, 6) is -0.260. The van der Waals surface area contributed by atoms with Crippen LogP contribution in [0.15, 0.2) is 54.0 Å². The first-order valence-electron chi connectivity index (χ1n) is 18.4. The number of aliphatic hydroxyl groups is 1. The monoisotopic (exact) mass is 736 g/mol. The molecule has 52 heavy (non-hydrogen) atoms. The van der Waals surface area contributed by atoms with Gasteiger partial charge in [0.15, 0.2) is 0 Å². The molecule has 284 valence electrons. The summed E-state index contributed by atoms with van der Waals surface area (Å²) in [5, 5.41) is 16.2. The predicted octanol–water partition coefficient (Wildman–Crippen LogP) is 5.46. The SMILES string of the molecule is CCc1cccc(OCCCCCOCCCOCC(=O)N[C@H](C(=O)N2C[C@H](O)C[C@H]2C(=O)NCc2ccc(-c3scnc3C)cc2)C(C)(C)C)c1. The number of amides is 3. The molecule has 0 radical (unpaired) electrons. The molecule has 0 unspecified atom stereocenters. The van der Waals surface area contributed by atoms with E-state index in [2.05, 4.69) is 34.7 Å². The van der Waals surface area contributed by atoms with E-state index in [1.807, 2.05) is 69.6 Å². The lowest BCUT2D eigenvalue weighted by molar-refractivity contribution is -0.144. The normalized spacial score (nSPS) is 16.5. The first-order valence-corrected chi connectivity index (χ1v) is 19.3. The number of β-amino-alcohol motifs (C(OH)–C–C–N with tert-alkyl or cyclic N) is 1. The van der Waals surface area contributed by atoms with Crippen molar-refractivity contribution in [2.45, 2.75) is 97.9 Å². The average molecular weight is 737 g/mol. The lowest BCUT2D eigenvalue weighted by Crippen LogP contribution is -2.58. The molecule has 3 aromatic rings. The maximum absolute atomic E-state index is 13.8. The number of aliphatic hydroxyl groups excluding tert-OH is 1. The minimum Gasteiger partial charge on any atom is -0.494 e. The molecule has 1 aliphatic rings. The number of thiazole rings is 1. The van der Waals surface area contributed by atoms with Gasteiger partial charge in [0.25, 0.3) is 0 Å². The number of nitrogens with zero attached hydrogens (tertiary/aromatic N) is 2. The van der Waals surface area contributed by atoms with E-state index in [0.717, 1.165) is 53.1 Å². The summed E-state index contributed by atoms with van der Waals surface area (Å²) < 4.78 is 17.1. The second-order valence-electron chi connectivity index (χ2n) is 14.4. The number of likely N-dealkylation sites (tertiary alicyclic amines) is 1. The molecule has 1 aromatic heterocycles. The third kappa shape index (κ3) is 12.7. The molecule has 1 saturated heterocycles. The van der Waals surface area contributed by atoms with Gasteiger partial charge in [0, 0.05) is 39.3 Å². The van der Waals surface area contributed by atoms with Gasteiger partial charge in [-0.05, 0) is 73.3 Å². The van der Waals surface area contributed by atoms with Crippen LogP contribution in [0.2, 0.25) is 0 Å². The molecule has 1 aliphatic heterocycles. The van der Waals surface area contributed by atoms with Gasteiger partial charge in [-0.3, -0.25) is 14.4 Å². The number of nitrogens with one attached hydrogen (secondary N) is 2. The van der Waals surface area contributed by atoms with Crippen LogP contribution in [0.4, 0.5) is 0 Å². The van der Waals surface area contributed by atoms with Crippen LogP contribution >= 0.6 is 11.3 Å². The number of aryl methyl sites for hydroxylation is 2. The number of rotatable bonds is 20. The van der Waals surface area contributed by atoms with E-state index in [0.29, 0.717) is 32.8 Å². The third-order valence-corrected chi connectivity index (χ3v) is 10.0. The van der Waals surface area contributed by atoms with E-state index >= 15 is 0 Å². The molecule has 11 nitrogen and oxygen atoms in total. The van der Waals surface area contributed by atoms with E-state index in [1.165, 1.54) is 10.5 Å². The smallest absolute Gasteiger partial charge is 0.246 e. The molecule has 0 aliphatic carbocycles. The second kappa shape index (κ2) is 20.4. The summed E-state index contributed by atoms with van der Waals surface area (Å²) in [6, 6.07) is 14.3. The summed E-state index contributed by atoms with van der Waals surface area (Å²) in [5.41, 5.74) is 5.39. The van der Waals surface area contributed by atoms with Crippen LogP contribution in [0.1, 0.15) is 76.6 Å². The molecule has 3 atom stereocenters. The van der Waals surface area contributed by atoms with Crippen LogP contribution in [-0.4, -0.2) is 90.5 Å². The zero-order valence-electron chi connectivity index (χ0n) is 31.3. The predicted molar refractivity (Wildman–Crippen MR) is 203 cm³/mol. The van der Waals surface area contributed by atoms with Crippen LogP contribution in [0.25, 0.3) is 10.4 Å². The molecular formula is C40H56N4O7S. The van der Waals surface area contributed by atoms with Crippen LogP contribution in [0, 0.1) is 12.3 Å². The van der Waals surface area contributed by atoms with Gasteiger partial charge in [-0.25, -0.2) is 4.98 Å². The van der Waals surface area contributed by atoms with Crippen molar-refractivity contribution < 1.29 is 33.7 Å². The number of carbonyl (C=O) groups is 3. The van der Waals surface area contributed by atoms with Crippen molar-refractivity contribution in [3.05, 3.63) is 70.9 Å². The Balaban J connectivity index is 1.13. The van der Waals surface area contributed by atoms with Crippen LogP contribution in [-0.2, 0) is 36.8 Å². The van der Waals surface area contributed by atoms with Crippen LogP contribution < -0.4 is 15.4 Å². The van der Waals surface area contributed by atoms with Crippen LogP contribution in [0.5, 0.6) is 5.75 Å². The lowest BCUT2D eigenvalue weighted by atomic mass is 9.85. The second-order valence-corrected chi connectivity index (χ2v) is 15.2. The molecule has 0 saturated carbocycles. The van der Waals surface area contributed by atoms with E-state index in [1.54, 1.807) is 11.3 Å². The van der Waals surface area contributed by atoms with Gasteiger partial charge in [0.05, 0.1) is 28.8 Å². The Morgan fingerprint density at radius 3 is 2.42 bits per heavy atom. The topological polar surface area (TPSA) is 139 Å². The highest BCUT2D eigenvalue weighted by Crippen LogP contribution is 2.28. The highest BCUT2D eigenvalue weighted by atomic mass is 32.1. The number of unbranched alkanes of at least 4 members (excludes halogenated alkanes) is 2. The van der Waals surface area contributed by atoms with Gasteiger partial charge in [0.1, 0.15) is 24.4 Å². The zero-order chi connectivity index (χ0) is 37.5. The van der Waals surface area contributed by atoms with Crippen molar-refractivity contribution in [2.24, 2.45) is 5.41 Å². The van der Waals surface area contributed by atoms with E-state index in [9.17, 15) is 19.5 Å². The van der Waals surface area contributed by atoms with Crippen molar-refractivity contribution in [1.29, 1.82) is 0 Å². The van der Waals surface area contributed by atoms with Gasteiger partial charge >= 0.3 is 0 Å². The fourth-order valence-corrected chi connectivity index (χ4v) is 6.85. The minimum absolute atomic E-state index is 0.0139. The lowest BCUT2D eigenvalue weighted by Gasteiger charge is -2.35. The number of hydrogen-bond acceptors (Lipinski definition) is 9. The Bertz CT molecular complexity index is 1570. The van der Waals surface area contributed by atoms with Crippen LogP contribution in [0.3, 0.4) is 0 Å². The molecular weight excluding hydrogens is 681 g/mol. The molecule has 2 aromatic carbocycles. The number of benzene rings is 2. The molecule has 0 bridgehead atoms. The number of carbonyl (C=O) groups excluding carboxylic acids is 3. The van der Waals surface area contributed by atoms with E-state index in [4.69, 9.17) is 14.2 Å². The van der Waals surface area contributed by atoms with Crippen molar-refractivity contribution >= 4 is 29.1 Å². The maximum atomic E-state index is 13.8. The standard InChI is InChI=1S/C40H56N4O7S/c1-6-29-12-10-13-33(22-29)51-21-9-7-8-18-49-19-11-20-50-26-35(46)43-37(40(3,4)5)39(48)44-25-32(45)23-34(44)38(47)41-24-30-14-16-31(17-15-30)36-28(2)42-27-52-36/h10,12-17,22,27,32,34,37,45H,6-9,11,18-21,23-26H2,1-5H3,(H,41,47)(H,43,46)/t32-,34+,37-/m1/s1. The Morgan fingerprint density at radius 1 is 0.981 bits per heavy atom. The van der Waals surface area contributed by atoms with Gasteiger partial charge in [-0.15, -0.1) is 11.3 Å². The summed E-state index contributed by atoms with van der Waals surface area (Å²) >= 11 is 1.58. The number of ether oxygens (including phenoxy) is 3. The van der Waals surface area contributed by atoms with Gasteiger partial charge in [-0.2, -0.15) is 0 Å². The molecule has 3 N–H and O–H groups in total. The maximum Gasteiger partial charge on any atom is 0.246 e. The molecule has 12 heteroatoms. The van der Waals surface area contributed by atoms with Gasteiger partial charge in [0.2, 0.25) is 17.7 Å². The third-order valence-electron chi connectivity index (χ3n) is 9.03. The Hall–Kier alpha value is -3.84. The first kappa shape index (κ1) is 40.9. The average Bonchev–Trinajstić information content (AvgIpc) is 3.74. The van der Waals surface area contributed by atoms with Crippen molar-refractivity contribution in [3.8, 4) is 16.2 Å². The molecule has 3 amide bonds. The quantitative estimate of drug-likeness (QED) is 0.130. The summed E-state index contributed by atoms with van der Waals surface area (Å²) in [6.45, 7) is 12.0. The van der Waals surface area contributed by atoms with Crippen molar-refractivity contribution in [1.82, 2.24) is 20.5 Å². The fraction of sp³-hybridized carbons (Fsp3) is 0.550. The largest absolute Gasteiger partial charge is 0.494 e. The molecule has 1 fully saturated rings. The fourth-order valence-electron chi connectivity index (χ4n) is 6.04. The molecule has 2 heterocycles. The van der Waals surface area contributed by atoms with Gasteiger partial charge in [-0.1, -0.05) is 64.1 Å². The summed E-state index contributed by atoms with van der Waals surface area (Å²) in [6.07, 6.45) is 3.85. The Labute approximate surface area is 312 Å². The molecule has 0 spiro atoms. The number of aromatic nitrogens is 1. The minimum atomic E-state index is -0.915. The summed E-state index contributed by atoms with van der Waals surface area (Å²) in [4.78, 5) is 46.8. The van der Waals surface area contributed by atoms with Crippen molar-refractivity contribution in [3.63, 3.8) is 0 Å². The van der Waals surface area contributed by atoms with Gasteiger partial charge < -0.3 is 34.9 Å². The zero-order valence-corrected chi connectivity index (χ0v) is 32.1. The highest BCUT2D eigenvalue weighted by Gasteiger charge is 2.44. The van der Waals surface area contributed by atoms with E-state index < -0.39 is 35.4 Å².